The molecule has 4 aromatic rings. The number of aliphatic hydroxyl groups excluding tert-OH is 1. The van der Waals surface area contributed by atoms with Crippen LogP contribution in [-0.4, -0.2) is 37.8 Å². The first-order chi connectivity index (χ1) is 13.7. The van der Waals surface area contributed by atoms with Gasteiger partial charge in [0.25, 0.3) is 0 Å². The Bertz CT molecular complexity index is 1120. The molecule has 5 rings (SSSR count). The van der Waals surface area contributed by atoms with Crippen LogP contribution in [-0.2, 0) is 6.54 Å². The van der Waals surface area contributed by atoms with Crippen LogP contribution >= 0.6 is 0 Å². The van der Waals surface area contributed by atoms with Crippen molar-refractivity contribution in [3.63, 3.8) is 0 Å². The third-order valence-electron chi connectivity index (χ3n) is 5.43. The van der Waals surface area contributed by atoms with Gasteiger partial charge in [-0.05, 0) is 31.0 Å². The number of hydrogen-bond acceptors (Lipinski definition) is 5. The summed E-state index contributed by atoms with van der Waals surface area (Å²) in [6.07, 6.45) is 2.24. The number of H-pyrrole nitrogens is 1. The third kappa shape index (κ3) is 3.10. The average molecular weight is 374 g/mol. The molecule has 0 amide bonds. The molecule has 28 heavy (non-hydrogen) atoms. The summed E-state index contributed by atoms with van der Waals surface area (Å²) in [5.41, 5.74) is 4.42. The number of β-amino-alcohol motifs (C(OH)–C–C–N with tert-alkyl or cyclic N) is 1. The molecule has 0 bridgehead atoms. The van der Waals surface area contributed by atoms with Crippen LogP contribution in [0.2, 0.25) is 0 Å². The Morgan fingerprint density at radius 1 is 1.21 bits per heavy atom. The van der Waals surface area contributed by atoms with Crippen molar-refractivity contribution in [2.75, 3.05) is 6.54 Å². The molecule has 2 atom stereocenters. The van der Waals surface area contributed by atoms with Crippen LogP contribution in [0, 0.1) is 6.92 Å². The van der Waals surface area contributed by atoms with E-state index in [1.165, 1.54) is 10.9 Å². The minimum Gasteiger partial charge on any atom is -0.392 e. The number of fused-ring (bicyclic) bond motifs is 1. The quantitative estimate of drug-likeness (QED) is 0.568. The van der Waals surface area contributed by atoms with Crippen LogP contribution in [0.25, 0.3) is 22.3 Å². The minimum absolute atomic E-state index is 0.0882. The van der Waals surface area contributed by atoms with Gasteiger partial charge >= 0.3 is 0 Å². The molecule has 0 unspecified atom stereocenters. The van der Waals surface area contributed by atoms with E-state index in [2.05, 4.69) is 32.2 Å². The van der Waals surface area contributed by atoms with Gasteiger partial charge in [0.05, 0.1) is 12.1 Å². The predicted molar refractivity (Wildman–Crippen MR) is 107 cm³/mol. The number of likely N-dealkylation sites (tertiary alicyclic amines) is 1. The summed E-state index contributed by atoms with van der Waals surface area (Å²) >= 11 is 0. The van der Waals surface area contributed by atoms with Crippen molar-refractivity contribution in [2.24, 2.45) is 0 Å². The highest BCUT2D eigenvalue weighted by atomic mass is 16.5. The summed E-state index contributed by atoms with van der Waals surface area (Å²) in [5.74, 6) is 1.15. The van der Waals surface area contributed by atoms with Crippen LogP contribution < -0.4 is 0 Å². The molecule has 1 fully saturated rings. The number of rotatable bonds is 4. The Hall–Kier alpha value is -2.96. The molecule has 0 aliphatic carbocycles. The van der Waals surface area contributed by atoms with Crippen molar-refractivity contribution in [1.82, 2.24) is 20.0 Å². The number of hydrogen-bond donors (Lipinski definition) is 2. The summed E-state index contributed by atoms with van der Waals surface area (Å²) in [7, 11) is 0. The molecule has 2 aromatic carbocycles. The topological polar surface area (TPSA) is 78.2 Å². The first-order valence-electron chi connectivity index (χ1n) is 9.55. The summed E-state index contributed by atoms with van der Waals surface area (Å²) in [5, 5.41) is 15.7. The van der Waals surface area contributed by atoms with Crippen molar-refractivity contribution in [3.05, 3.63) is 71.7 Å². The van der Waals surface area contributed by atoms with Crippen LogP contribution in [0.15, 0.2) is 59.3 Å². The fraction of sp³-hybridized carbons (Fsp3) is 0.273. The van der Waals surface area contributed by atoms with Gasteiger partial charge in [-0.2, -0.15) is 4.98 Å². The van der Waals surface area contributed by atoms with Gasteiger partial charge in [0, 0.05) is 35.8 Å². The van der Waals surface area contributed by atoms with E-state index in [1.807, 2.05) is 49.5 Å². The number of nitrogens with one attached hydrogen (secondary N) is 1. The van der Waals surface area contributed by atoms with Crippen LogP contribution in [0.5, 0.6) is 0 Å². The van der Waals surface area contributed by atoms with Gasteiger partial charge in [-0.3, -0.25) is 4.90 Å². The van der Waals surface area contributed by atoms with Crippen molar-refractivity contribution in [3.8, 4) is 11.4 Å². The van der Waals surface area contributed by atoms with Crippen LogP contribution in [0.1, 0.15) is 29.5 Å². The van der Waals surface area contributed by atoms with Gasteiger partial charge in [0.2, 0.25) is 11.7 Å². The van der Waals surface area contributed by atoms with E-state index >= 15 is 0 Å². The van der Waals surface area contributed by atoms with Gasteiger partial charge in [-0.15, -0.1) is 0 Å². The maximum Gasteiger partial charge on any atom is 0.244 e. The zero-order valence-electron chi connectivity index (χ0n) is 15.7. The summed E-state index contributed by atoms with van der Waals surface area (Å²) in [6, 6.07) is 16.2. The van der Waals surface area contributed by atoms with Crippen molar-refractivity contribution in [1.29, 1.82) is 0 Å². The van der Waals surface area contributed by atoms with Gasteiger partial charge in [0.1, 0.15) is 0 Å². The number of para-hydroxylation sites is 1. The third-order valence-corrected chi connectivity index (χ3v) is 5.43. The molecule has 6 heteroatoms. The first-order valence-corrected chi connectivity index (χ1v) is 9.55. The van der Waals surface area contributed by atoms with E-state index < -0.39 is 6.10 Å². The number of benzene rings is 2. The van der Waals surface area contributed by atoms with E-state index in [1.54, 1.807) is 0 Å². The molecule has 142 valence electrons. The Balaban J connectivity index is 1.42. The first kappa shape index (κ1) is 17.2. The van der Waals surface area contributed by atoms with E-state index in [9.17, 15) is 5.11 Å². The van der Waals surface area contributed by atoms with E-state index in [0.29, 0.717) is 31.2 Å². The lowest BCUT2D eigenvalue weighted by atomic mass is 10.1. The Morgan fingerprint density at radius 3 is 3.00 bits per heavy atom. The van der Waals surface area contributed by atoms with Crippen molar-refractivity contribution in [2.45, 2.75) is 32.0 Å². The van der Waals surface area contributed by atoms with E-state index in [-0.39, 0.29) is 6.04 Å². The number of aryl methyl sites for hydroxylation is 1. The minimum atomic E-state index is -0.399. The van der Waals surface area contributed by atoms with Gasteiger partial charge in [-0.1, -0.05) is 47.1 Å². The molecule has 0 saturated carbocycles. The van der Waals surface area contributed by atoms with Gasteiger partial charge < -0.3 is 14.6 Å². The second kappa shape index (κ2) is 6.89. The highest BCUT2D eigenvalue weighted by Crippen LogP contribution is 2.34. The number of aliphatic hydroxyl groups is 1. The van der Waals surface area contributed by atoms with Gasteiger partial charge in [0.15, 0.2) is 0 Å². The monoisotopic (exact) mass is 374 g/mol. The molecule has 1 aliphatic heterocycles. The van der Waals surface area contributed by atoms with Gasteiger partial charge in [-0.25, -0.2) is 0 Å². The van der Waals surface area contributed by atoms with Crippen molar-refractivity contribution < 1.29 is 9.63 Å². The van der Waals surface area contributed by atoms with Crippen molar-refractivity contribution >= 4 is 10.9 Å². The fourth-order valence-electron chi connectivity index (χ4n) is 4.06. The van der Waals surface area contributed by atoms with Crippen LogP contribution in [0.4, 0.5) is 0 Å². The highest BCUT2D eigenvalue weighted by molar-refractivity contribution is 5.82. The zero-order valence-corrected chi connectivity index (χ0v) is 15.7. The Morgan fingerprint density at radius 2 is 2.11 bits per heavy atom. The molecule has 0 radical (unpaired) electrons. The normalized spacial score (nSPS) is 20.2. The molecular formula is C22H22N4O2. The smallest absolute Gasteiger partial charge is 0.244 e. The summed E-state index contributed by atoms with van der Waals surface area (Å²) < 4.78 is 5.61. The Kier molecular flexibility index (Phi) is 4.22. The lowest BCUT2D eigenvalue weighted by molar-refractivity contribution is 0.169. The summed E-state index contributed by atoms with van der Waals surface area (Å²) in [6.45, 7) is 3.35. The SMILES string of the molecule is Cc1cccc(-c2noc([C@@H]3C[C@@H](O)CN3Cc3c[nH]c4ccccc34)n2)c1. The van der Waals surface area contributed by atoms with E-state index in [0.717, 1.165) is 16.6 Å². The standard InChI is InChI=1S/C22H22N4O2/c1-14-5-4-6-15(9-14)21-24-22(28-25-21)20-10-17(27)13-26(20)12-16-11-23-19-8-3-2-7-18(16)19/h2-9,11,17,20,23,27H,10,12-13H2,1H3/t17-,20+/m1/s1. The lowest BCUT2D eigenvalue weighted by Gasteiger charge is -2.20. The van der Waals surface area contributed by atoms with E-state index in [4.69, 9.17) is 4.52 Å². The number of aromatic amines is 1. The summed E-state index contributed by atoms with van der Waals surface area (Å²) in [4.78, 5) is 10.2. The average Bonchev–Trinajstić information content (AvgIpc) is 3.41. The molecule has 2 N–H and O–H groups in total. The zero-order chi connectivity index (χ0) is 19.1. The fourth-order valence-corrected chi connectivity index (χ4v) is 4.06. The second-order valence-electron chi connectivity index (χ2n) is 7.52. The molecule has 1 aliphatic rings. The highest BCUT2D eigenvalue weighted by Gasteiger charge is 2.36. The molecule has 2 aromatic heterocycles. The van der Waals surface area contributed by atoms with Crippen LogP contribution in [0.3, 0.4) is 0 Å². The molecule has 3 heterocycles. The molecular weight excluding hydrogens is 352 g/mol. The number of nitrogens with zero attached hydrogens (tertiary/aromatic N) is 3. The second-order valence-corrected chi connectivity index (χ2v) is 7.52. The molecule has 6 nitrogen and oxygen atoms in total. The Labute approximate surface area is 162 Å². The maximum atomic E-state index is 10.3. The predicted octanol–water partition coefficient (Wildman–Crippen LogP) is 3.83. The molecule has 1 saturated heterocycles. The maximum absolute atomic E-state index is 10.3. The largest absolute Gasteiger partial charge is 0.392 e. The lowest BCUT2D eigenvalue weighted by Crippen LogP contribution is -2.24. The molecule has 0 spiro atoms. The number of aromatic nitrogens is 3.